The lowest BCUT2D eigenvalue weighted by atomic mass is 10.1. The number of benzene rings is 2. The van der Waals surface area contributed by atoms with E-state index in [1.807, 2.05) is 0 Å². The number of anilines is 2. The van der Waals surface area contributed by atoms with Crippen molar-refractivity contribution in [3.05, 3.63) is 58.9 Å². The van der Waals surface area contributed by atoms with Crippen molar-refractivity contribution < 1.29 is 14.3 Å². The Kier molecular flexibility index (Phi) is 4.02. The molecule has 0 bridgehead atoms. The van der Waals surface area contributed by atoms with Crippen LogP contribution in [0.1, 0.15) is 5.56 Å². The van der Waals surface area contributed by atoms with Crippen molar-refractivity contribution >= 4 is 28.9 Å². The van der Waals surface area contributed by atoms with Crippen LogP contribution in [0.2, 0.25) is 5.02 Å². The predicted molar refractivity (Wildman–Crippen MR) is 72.5 cm³/mol. The van der Waals surface area contributed by atoms with E-state index in [2.05, 4.69) is 5.32 Å². The van der Waals surface area contributed by atoms with E-state index in [4.69, 9.17) is 16.7 Å². The van der Waals surface area contributed by atoms with E-state index in [1.54, 1.807) is 30.3 Å². The fraction of sp³-hybridized carbons (Fsp3) is 0.0714. The van der Waals surface area contributed by atoms with E-state index < -0.39 is 11.8 Å². The fourth-order valence-electron chi connectivity index (χ4n) is 1.70. The third-order valence-electron chi connectivity index (χ3n) is 2.57. The number of hydrogen-bond acceptors (Lipinski definition) is 2. The smallest absolute Gasteiger partial charge is 0.308 e. The molecule has 0 unspecified atom stereocenters. The van der Waals surface area contributed by atoms with E-state index >= 15 is 0 Å². The summed E-state index contributed by atoms with van der Waals surface area (Å²) >= 11 is 5.77. The Hall–Kier alpha value is -2.07. The average molecular weight is 280 g/mol. The van der Waals surface area contributed by atoms with Crippen molar-refractivity contribution in [3.63, 3.8) is 0 Å². The van der Waals surface area contributed by atoms with Crippen molar-refractivity contribution in [2.75, 3.05) is 5.32 Å². The summed E-state index contributed by atoms with van der Waals surface area (Å²) in [6.07, 6.45) is -0.372. The third-order valence-corrected chi connectivity index (χ3v) is 2.82. The van der Waals surface area contributed by atoms with Gasteiger partial charge in [-0.2, -0.15) is 0 Å². The van der Waals surface area contributed by atoms with E-state index in [0.717, 1.165) is 0 Å². The van der Waals surface area contributed by atoms with Crippen LogP contribution in [0.15, 0.2) is 42.5 Å². The molecule has 0 saturated carbocycles. The number of carboxylic acid groups (broad SMARTS) is 1. The van der Waals surface area contributed by atoms with Gasteiger partial charge in [0, 0.05) is 22.0 Å². The lowest BCUT2D eigenvalue weighted by Crippen LogP contribution is -2.06. The number of carbonyl (C=O) groups is 1. The first kappa shape index (κ1) is 13.4. The topological polar surface area (TPSA) is 49.3 Å². The Morgan fingerprint density at radius 3 is 2.53 bits per heavy atom. The van der Waals surface area contributed by atoms with Crippen LogP contribution < -0.4 is 5.32 Å². The largest absolute Gasteiger partial charge is 0.481 e. The molecule has 0 aliphatic carbocycles. The summed E-state index contributed by atoms with van der Waals surface area (Å²) < 4.78 is 13.7. The molecule has 0 heterocycles. The summed E-state index contributed by atoms with van der Waals surface area (Å²) in [4.78, 5) is 10.8. The summed E-state index contributed by atoms with van der Waals surface area (Å²) in [5, 5.41) is 12.4. The number of nitrogens with one attached hydrogen (secondary N) is 1. The predicted octanol–water partition coefficient (Wildman–Crippen LogP) is 3.85. The second-order valence-electron chi connectivity index (χ2n) is 3.97. The third kappa shape index (κ3) is 3.45. The summed E-state index contributed by atoms with van der Waals surface area (Å²) in [7, 11) is 0. The van der Waals surface area contributed by atoms with Crippen molar-refractivity contribution in [2.45, 2.75) is 6.42 Å². The highest BCUT2D eigenvalue weighted by molar-refractivity contribution is 6.30. The van der Waals surface area contributed by atoms with E-state index in [0.29, 0.717) is 16.4 Å². The zero-order valence-corrected chi connectivity index (χ0v) is 10.6. The number of carboxylic acids is 1. The molecule has 2 N–H and O–H groups in total. The Labute approximate surface area is 114 Å². The van der Waals surface area contributed by atoms with Gasteiger partial charge >= 0.3 is 5.97 Å². The molecule has 0 spiro atoms. The Bertz CT molecular complexity index is 599. The summed E-state index contributed by atoms with van der Waals surface area (Å²) in [5.74, 6) is -1.62. The van der Waals surface area contributed by atoms with Gasteiger partial charge in [0.05, 0.1) is 6.42 Å². The first-order chi connectivity index (χ1) is 9.06. The number of aliphatic carboxylic acids is 1. The van der Waals surface area contributed by atoms with Gasteiger partial charge in [-0.3, -0.25) is 4.79 Å². The SMILES string of the molecule is O=C(O)Cc1c(F)cccc1Nc1ccc(Cl)cc1. The first-order valence-electron chi connectivity index (χ1n) is 5.58. The van der Waals surface area contributed by atoms with Gasteiger partial charge in [0.25, 0.3) is 0 Å². The zero-order valence-electron chi connectivity index (χ0n) is 9.86. The molecule has 98 valence electrons. The van der Waals surface area contributed by atoms with E-state index in [9.17, 15) is 9.18 Å². The molecular weight excluding hydrogens is 269 g/mol. The lowest BCUT2D eigenvalue weighted by Gasteiger charge is -2.11. The molecule has 19 heavy (non-hydrogen) atoms. The zero-order chi connectivity index (χ0) is 13.8. The molecule has 0 aliphatic rings. The van der Waals surface area contributed by atoms with Crippen molar-refractivity contribution in [3.8, 4) is 0 Å². The highest BCUT2D eigenvalue weighted by Gasteiger charge is 2.12. The fourth-order valence-corrected chi connectivity index (χ4v) is 1.82. The Balaban J connectivity index is 2.31. The van der Waals surface area contributed by atoms with Crippen LogP contribution in [-0.4, -0.2) is 11.1 Å². The van der Waals surface area contributed by atoms with Crippen LogP contribution in [0.25, 0.3) is 0 Å². The van der Waals surface area contributed by atoms with Crippen molar-refractivity contribution in [2.24, 2.45) is 0 Å². The highest BCUT2D eigenvalue weighted by atomic mass is 35.5. The number of halogens is 2. The van der Waals surface area contributed by atoms with Crippen LogP contribution in [0, 0.1) is 5.82 Å². The summed E-state index contributed by atoms with van der Waals surface area (Å²) in [5.41, 5.74) is 1.27. The van der Waals surface area contributed by atoms with Crippen LogP contribution in [-0.2, 0) is 11.2 Å². The minimum atomic E-state index is -1.08. The Morgan fingerprint density at radius 1 is 1.21 bits per heavy atom. The second kappa shape index (κ2) is 5.71. The second-order valence-corrected chi connectivity index (χ2v) is 4.40. The molecule has 0 aliphatic heterocycles. The van der Waals surface area contributed by atoms with Gasteiger partial charge in [0.15, 0.2) is 0 Å². The molecule has 0 fully saturated rings. The summed E-state index contributed by atoms with van der Waals surface area (Å²) in [6.45, 7) is 0. The van der Waals surface area contributed by atoms with Crippen LogP contribution in [0.3, 0.4) is 0 Å². The van der Waals surface area contributed by atoms with E-state index in [-0.39, 0.29) is 12.0 Å². The normalized spacial score (nSPS) is 10.2. The van der Waals surface area contributed by atoms with Gasteiger partial charge in [-0.25, -0.2) is 4.39 Å². The maximum absolute atomic E-state index is 13.7. The standard InChI is InChI=1S/C14H11ClFNO2/c15-9-4-6-10(7-5-9)17-13-3-1-2-12(16)11(13)8-14(18)19/h1-7,17H,8H2,(H,18,19). The quantitative estimate of drug-likeness (QED) is 0.894. The highest BCUT2D eigenvalue weighted by Crippen LogP contribution is 2.24. The molecule has 0 saturated heterocycles. The molecule has 0 atom stereocenters. The maximum atomic E-state index is 13.7. The first-order valence-corrected chi connectivity index (χ1v) is 5.96. The Morgan fingerprint density at radius 2 is 1.89 bits per heavy atom. The number of rotatable bonds is 4. The molecule has 2 aromatic carbocycles. The molecule has 0 aromatic heterocycles. The van der Waals surface area contributed by atoms with Crippen molar-refractivity contribution in [1.29, 1.82) is 0 Å². The maximum Gasteiger partial charge on any atom is 0.308 e. The van der Waals surface area contributed by atoms with Crippen LogP contribution >= 0.6 is 11.6 Å². The van der Waals surface area contributed by atoms with Gasteiger partial charge in [0.1, 0.15) is 5.82 Å². The van der Waals surface area contributed by atoms with Gasteiger partial charge in [-0.15, -0.1) is 0 Å². The average Bonchev–Trinajstić information content (AvgIpc) is 2.36. The van der Waals surface area contributed by atoms with Gasteiger partial charge in [0.2, 0.25) is 0 Å². The lowest BCUT2D eigenvalue weighted by molar-refractivity contribution is -0.136. The summed E-state index contributed by atoms with van der Waals surface area (Å²) in [6, 6.07) is 11.3. The minimum Gasteiger partial charge on any atom is -0.481 e. The molecule has 5 heteroatoms. The van der Waals surface area contributed by atoms with Gasteiger partial charge < -0.3 is 10.4 Å². The number of hydrogen-bond donors (Lipinski definition) is 2. The van der Waals surface area contributed by atoms with E-state index in [1.165, 1.54) is 12.1 Å². The molecule has 2 aromatic rings. The molecule has 2 rings (SSSR count). The van der Waals surface area contributed by atoms with Gasteiger partial charge in [-0.05, 0) is 36.4 Å². The molecule has 0 radical (unpaired) electrons. The van der Waals surface area contributed by atoms with Gasteiger partial charge in [-0.1, -0.05) is 17.7 Å². The van der Waals surface area contributed by atoms with Crippen LogP contribution in [0.4, 0.5) is 15.8 Å². The minimum absolute atomic E-state index is 0.130. The van der Waals surface area contributed by atoms with Crippen molar-refractivity contribution in [1.82, 2.24) is 0 Å². The van der Waals surface area contributed by atoms with Crippen LogP contribution in [0.5, 0.6) is 0 Å². The molecular formula is C14H11ClFNO2. The molecule has 0 amide bonds. The molecule has 3 nitrogen and oxygen atoms in total. The monoisotopic (exact) mass is 279 g/mol.